The molecule has 0 amide bonds. The van der Waals surface area contributed by atoms with Crippen molar-refractivity contribution in [3.05, 3.63) is 35.4 Å². The van der Waals surface area contributed by atoms with Crippen LogP contribution < -0.4 is 0 Å². The molecule has 3 heteroatoms. The minimum atomic E-state index is -0.425. The molecule has 3 nitrogen and oxygen atoms in total. The van der Waals surface area contributed by atoms with Crippen LogP contribution in [0.5, 0.6) is 0 Å². The van der Waals surface area contributed by atoms with E-state index in [1.54, 1.807) is 0 Å². The number of aliphatic hydroxyl groups excluding tert-OH is 1. The number of rotatable bonds is 4. The fraction of sp³-hybridized carbons (Fsp3) is 0.667. The monoisotopic (exact) mass is 291 g/mol. The topological polar surface area (TPSA) is 32.7 Å². The van der Waals surface area contributed by atoms with Gasteiger partial charge in [-0.25, -0.2) is 0 Å². The second-order valence-electron chi connectivity index (χ2n) is 7.02. The third kappa shape index (κ3) is 4.29. The highest BCUT2D eigenvalue weighted by molar-refractivity contribution is 5.28. The van der Waals surface area contributed by atoms with Gasteiger partial charge in [-0.3, -0.25) is 4.90 Å². The predicted molar refractivity (Wildman–Crippen MR) is 86.6 cm³/mol. The van der Waals surface area contributed by atoms with E-state index in [2.05, 4.69) is 56.9 Å². The Kier molecular flexibility index (Phi) is 5.42. The molecule has 0 saturated carbocycles. The molecule has 1 aromatic carbocycles. The molecule has 2 unspecified atom stereocenters. The highest BCUT2D eigenvalue weighted by atomic mass is 16.5. The van der Waals surface area contributed by atoms with Gasteiger partial charge in [-0.05, 0) is 23.0 Å². The second kappa shape index (κ2) is 6.91. The van der Waals surface area contributed by atoms with E-state index in [0.717, 1.165) is 31.7 Å². The van der Waals surface area contributed by atoms with E-state index in [-0.39, 0.29) is 5.41 Å². The lowest BCUT2D eigenvalue weighted by Crippen LogP contribution is -2.46. The molecule has 0 spiro atoms. The smallest absolute Gasteiger partial charge is 0.0917 e. The average Bonchev–Trinajstić information content (AvgIpc) is 2.47. The van der Waals surface area contributed by atoms with Gasteiger partial charge in [0.15, 0.2) is 0 Å². The summed E-state index contributed by atoms with van der Waals surface area (Å²) in [6.07, 6.45) is 0.640. The van der Waals surface area contributed by atoms with E-state index in [1.165, 1.54) is 5.56 Å². The first-order valence-electron chi connectivity index (χ1n) is 8.02. The molecular formula is C18H29NO2. The molecule has 0 bridgehead atoms. The zero-order chi connectivity index (χ0) is 15.5. The Hall–Kier alpha value is -0.900. The van der Waals surface area contributed by atoms with Crippen molar-refractivity contribution in [2.24, 2.45) is 0 Å². The molecule has 2 rings (SSSR count). The van der Waals surface area contributed by atoms with Crippen molar-refractivity contribution in [2.75, 3.05) is 26.3 Å². The van der Waals surface area contributed by atoms with E-state index in [1.807, 2.05) is 0 Å². The summed E-state index contributed by atoms with van der Waals surface area (Å²) in [7, 11) is 0. The minimum Gasteiger partial charge on any atom is -0.387 e. The van der Waals surface area contributed by atoms with Crippen LogP contribution in [0.2, 0.25) is 0 Å². The van der Waals surface area contributed by atoms with Gasteiger partial charge in [-0.1, -0.05) is 52.0 Å². The van der Waals surface area contributed by atoms with E-state index < -0.39 is 6.10 Å². The number of hydrogen-bond acceptors (Lipinski definition) is 3. The normalized spacial score (nSPS) is 22.2. The minimum absolute atomic E-state index is 0.154. The summed E-state index contributed by atoms with van der Waals surface area (Å²) in [5.41, 5.74) is 2.46. The summed E-state index contributed by atoms with van der Waals surface area (Å²) in [5, 5.41) is 10.5. The van der Waals surface area contributed by atoms with Crippen molar-refractivity contribution in [3.8, 4) is 0 Å². The van der Waals surface area contributed by atoms with Gasteiger partial charge in [0.1, 0.15) is 0 Å². The molecule has 2 atom stereocenters. The van der Waals surface area contributed by atoms with Crippen molar-refractivity contribution < 1.29 is 9.84 Å². The maximum atomic E-state index is 10.5. The van der Waals surface area contributed by atoms with Gasteiger partial charge in [0.2, 0.25) is 0 Å². The van der Waals surface area contributed by atoms with Gasteiger partial charge >= 0.3 is 0 Å². The predicted octanol–water partition coefficient (Wildman–Crippen LogP) is 3.13. The van der Waals surface area contributed by atoms with Crippen molar-refractivity contribution >= 4 is 0 Å². The lowest BCUT2D eigenvalue weighted by atomic mass is 9.86. The zero-order valence-corrected chi connectivity index (χ0v) is 13.8. The highest BCUT2D eigenvalue weighted by Gasteiger charge is 2.24. The zero-order valence-electron chi connectivity index (χ0n) is 13.8. The van der Waals surface area contributed by atoms with Crippen LogP contribution in [0.1, 0.15) is 51.3 Å². The molecule has 1 aliphatic heterocycles. The molecule has 21 heavy (non-hydrogen) atoms. The van der Waals surface area contributed by atoms with Crippen LogP contribution in [0.3, 0.4) is 0 Å². The van der Waals surface area contributed by atoms with Crippen LogP contribution in [0.4, 0.5) is 0 Å². The van der Waals surface area contributed by atoms with Crippen LogP contribution in [0.15, 0.2) is 24.3 Å². The number of benzene rings is 1. The molecule has 0 aromatic heterocycles. The Morgan fingerprint density at radius 1 is 1.29 bits per heavy atom. The third-order valence-electron chi connectivity index (χ3n) is 4.39. The fourth-order valence-electron chi connectivity index (χ4n) is 2.84. The fourth-order valence-corrected chi connectivity index (χ4v) is 2.84. The average molecular weight is 291 g/mol. The molecule has 1 N–H and O–H groups in total. The SMILES string of the molecule is CCC1COCCN1CC(O)c1ccc(C(C)(C)C)cc1. The number of morpholine rings is 1. The number of β-amino-alcohol motifs (C(OH)–C–C–N with tert-alkyl or cyclic N) is 1. The molecule has 1 saturated heterocycles. The quantitative estimate of drug-likeness (QED) is 0.925. The van der Waals surface area contributed by atoms with Crippen molar-refractivity contribution in [3.63, 3.8) is 0 Å². The molecule has 118 valence electrons. The summed E-state index contributed by atoms with van der Waals surface area (Å²) in [6, 6.07) is 8.83. The molecule has 0 radical (unpaired) electrons. The lowest BCUT2D eigenvalue weighted by molar-refractivity contribution is -0.0277. The Balaban J connectivity index is 2.01. The number of ether oxygens (including phenoxy) is 1. The first-order valence-corrected chi connectivity index (χ1v) is 8.02. The van der Waals surface area contributed by atoms with Gasteiger partial charge in [0.25, 0.3) is 0 Å². The van der Waals surface area contributed by atoms with Crippen LogP contribution in [0.25, 0.3) is 0 Å². The number of aliphatic hydroxyl groups is 1. The standard InChI is InChI=1S/C18H29NO2/c1-5-16-13-21-11-10-19(16)12-17(20)14-6-8-15(9-7-14)18(2,3)4/h6-9,16-17,20H,5,10-13H2,1-4H3. The Morgan fingerprint density at radius 2 is 1.95 bits per heavy atom. The maximum Gasteiger partial charge on any atom is 0.0917 e. The van der Waals surface area contributed by atoms with E-state index in [9.17, 15) is 5.11 Å². The summed E-state index contributed by atoms with van der Waals surface area (Å²) in [5.74, 6) is 0. The van der Waals surface area contributed by atoms with Crippen LogP contribution in [0, 0.1) is 0 Å². The van der Waals surface area contributed by atoms with Gasteiger partial charge < -0.3 is 9.84 Å². The summed E-state index contributed by atoms with van der Waals surface area (Å²) in [4.78, 5) is 2.35. The third-order valence-corrected chi connectivity index (χ3v) is 4.39. The van der Waals surface area contributed by atoms with Gasteiger partial charge in [0, 0.05) is 19.1 Å². The second-order valence-corrected chi connectivity index (χ2v) is 7.02. The van der Waals surface area contributed by atoms with Crippen LogP contribution in [-0.2, 0) is 10.2 Å². The van der Waals surface area contributed by atoms with Crippen LogP contribution >= 0.6 is 0 Å². The van der Waals surface area contributed by atoms with E-state index >= 15 is 0 Å². The first-order chi connectivity index (χ1) is 9.91. The van der Waals surface area contributed by atoms with Gasteiger partial charge in [-0.15, -0.1) is 0 Å². The molecule has 0 aliphatic carbocycles. The largest absolute Gasteiger partial charge is 0.387 e. The van der Waals surface area contributed by atoms with Crippen molar-refractivity contribution in [1.82, 2.24) is 4.90 Å². The Bertz CT molecular complexity index is 436. The number of nitrogens with zero attached hydrogens (tertiary/aromatic N) is 1. The summed E-state index contributed by atoms with van der Waals surface area (Å²) < 4.78 is 5.52. The van der Waals surface area contributed by atoms with Crippen LogP contribution in [-0.4, -0.2) is 42.4 Å². The van der Waals surface area contributed by atoms with Crippen molar-refractivity contribution in [1.29, 1.82) is 0 Å². The molecule has 1 fully saturated rings. The van der Waals surface area contributed by atoms with Gasteiger partial charge in [-0.2, -0.15) is 0 Å². The highest BCUT2D eigenvalue weighted by Crippen LogP contribution is 2.25. The number of hydrogen-bond donors (Lipinski definition) is 1. The Labute approximate surface area is 128 Å². The Morgan fingerprint density at radius 3 is 2.52 bits per heavy atom. The van der Waals surface area contributed by atoms with Crippen molar-refractivity contribution in [2.45, 2.75) is 51.7 Å². The summed E-state index contributed by atoms with van der Waals surface area (Å²) in [6.45, 7) is 12.0. The maximum absolute atomic E-state index is 10.5. The van der Waals surface area contributed by atoms with E-state index in [0.29, 0.717) is 12.6 Å². The van der Waals surface area contributed by atoms with Gasteiger partial charge in [0.05, 0.1) is 19.3 Å². The summed E-state index contributed by atoms with van der Waals surface area (Å²) >= 11 is 0. The lowest BCUT2D eigenvalue weighted by Gasteiger charge is -2.36. The first kappa shape index (κ1) is 16.5. The molecular weight excluding hydrogens is 262 g/mol. The molecule has 1 aromatic rings. The molecule has 1 heterocycles. The molecule has 1 aliphatic rings. The van der Waals surface area contributed by atoms with E-state index in [4.69, 9.17) is 4.74 Å².